The van der Waals surface area contributed by atoms with E-state index < -0.39 is 39.7 Å². The molecule has 1 aliphatic heterocycles. The fourth-order valence-corrected chi connectivity index (χ4v) is 5.86. The maximum absolute atomic E-state index is 14.0. The number of halogens is 1. The number of ether oxygens (including phenoxy) is 1. The van der Waals surface area contributed by atoms with E-state index in [0.29, 0.717) is 23.9 Å². The summed E-state index contributed by atoms with van der Waals surface area (Å²) in [4.78, 5) is 51.4. The van der Waals surface area contributed by atoms with Gasteiger partial charge in [-0.05, 0) is 44.5 Å². The summed E-state index contributed by atoms with van der Waals surface area (Å²) in [5.74, 6) is -1.91. The molecule has 1 aromatic carbocycles. The molecule has 3 aromatic rings. The summed E-state index contributed by atoms with van der Waals surface area (Å²) < 4.78 is 60.6. The lowest BCUT2D eigenvalue weighted by Gasteiger charge is -2.51. The molecule has 2 atom stereocenters. The third kappa shape index (κ3) is 10.7. The monoisotopic (exact) mass is 740 g/mol. The second-order valence-electron chi connectivity index (χ2n) is 11.2. The van der Waals surface area contributed by atoms with Gasteiger partial charge in [0.25, 0.3) is 5.91 Å². The topological polar surface area (TPSA) is 269 Å². The molecule has 4 rings (SSSR count). The third-order valence-corrected chi connectivity index (χ3v) is 8.39. The summed E-state index contributed by atoms with van der Waals surface area (Å²) in [5, 5.41) is 6.06. The highest BCUT2D eigenvalue weighted by atomic mass is 32.3. The average molecular weight is 741 g/mol. The van der Waals surface area contributed by atoms with Gasteiger partial charge in [0.1, 0.15) is 18.1 Å². The van der Waals surface area contributed by atoms with Gasteiger partial charge in [0.05, 0.1) is 29.8 Å². The molecule has 0 radical (unpaired) electrons. The van der Waals surface area contributed by atoms with Gasteiger partial charge in [-0.15, -0.1) is 16.0 Å². The minimum Gasteiger partial charge on any atom is -0.724 e. The Hall–Kier alpha value is -4.63. The second kappa shape index (κ2) is 17.9. The molecule has 21 heteroatoms. The zero-order valence-electron chi connectivity index (χ0n) is 27.1. The van der Waals surface area contributed by atoms with Crippen molar-refractivity contribution in [3.63, 3.8) is 0 Å². The highest BCUT2D eigenvalue weighted by molar-refractivity contribution is 7.80. The Bertz CT molecular complexity index is 1790. The molecule has 1 amide bonds. The van der Waals surface area contributed by atoms with Gasteiger partial charge in [-0.25, -0.2) is 17.8 Å². The zero-order valence-corrected chi connectivity index (χ0v) is 28.7. The van der Waals surface area contributed by atoms with Gasteiger partial charge < -0.3 is 31.3 Å². The van der Waals surface area contributed by atoms with Crippen LogP contribution in [0.2, 0.25) is 0 Å². The molecule has 0 spiro atoms. The number of amides is 1. The molecular formula is C29H37FN8O10S2. The number of nitrogens with zero attached hydrogens (tertiary/aromatic N) is 5. The van der Waals surface area contributed by atoms with Crippen molar-refractivity contribution in [2.75, 3.05) is 32.0 Å². The van der Waals surface area contributed by atoms with Crippen LogP contribution in [-0.4, -0.2) is 89.3 Å². The number of rotatable bonds is 18. The molecule has 50 heavy (non-hydrogen) atoms. The number of carbonyl (C=O) groups is 2. The molecule has 0 saturated carbocycles. The van der Waals surface area contributed by atoms with Crippen LogP contribution in [0.15, 0.2) is 47.2 Å². The largest absolute Gasteiger partial charge is 0.724 e. The van der Waals surface area contributed by atoms with Crippen LogP contribution >= 0.6 is 11.3 Å². The van der Waals surface area contributed by atoms with Crippen molar-refractivity contribution < 1.29 is 55.1 Å². The number of oxime groups is 1. The minimum absolute atomic E-state index is 0.0511. The number of nitrogen functional groups attached to an aromatic ring is 1. The lowest BCUT2D eigenvalue weighted by Crippen LogP contribution is -2.68. The van der Waals surface area contributed by atoms with Crippen molar-refractivity contribution in [1.82, 2.24) is 14.7 Å². The Balaban J connectivity index is 0.00000217. The summed E-state index contributed by atoms with van der Waals surface area (Å²) in [7, 11) is -5.19. The second-order valence-corrected chi connectivity index (χ2v) is 13.1. The Morgan fingerprint density at radius 1 is 1.22 bits per heavy atom. The quantitative estimate of drug-likeness (QED) is 0.0293. The number of aromatic nitrogens is 3. The molecule has 0 aliphatic carbocycles. The first-order chi connectivity index (χ1) is 23.6. The zero-order chi connectivity index (χ0) is 37.1. The molecule has 3 heterocycles. The van der Waals surface area contributed by atoms with E-state index in [4.69, 9.17) is 36.4 Å². The number of benzene rings is 1. The van der Waals surface area contributed by atoms with Crippen molar-refractivity contribution in [1.29, 1.82) is 0 Å². The van der Waals surface area contributed by atoms with Crippen LogP contribution in [0.5, 0.6) is 5.75 Å². The fraction of sp³-hybridized carbons (Fsp3) is 0.448. The van der Waals surface area contributed by atoms with E-state index in [9.17, 15) is 27.0 Å². The van der Waals surface area contributed by atoms with Crippen LogP contribution in [0.25, 0.3) is 11.1 Å². The maximum atomic E-state index is 14.0. The summed E-state index contributed by atoms with van der Waals surface area (Å²) in [6, 6.07) is 7.27. The van der Waals surface area contributed by atoms with Gasteiger partial charge >= 0.3 is 6.15 Å². The van der Waals surface area contributed by atoms with Crippen molar-refractivity contribution >= 4 is 50.4 Å². The number of thiazole rings is 1. The number of anilines is 1. The molecule has 1 aliphatic rings. The van der Waals surface area contributed by atoms with Crippen LogP contribution in [0.3, 0.4) is 0 Å². The summed E-state index contributed by atoms with van der Waals surface area (Å²) >= 11 is 1.07. The summed E-state index contributed by atoms with van der Waals surface area (Å²) in [6.45, 7) is 4.13. The van der Waals surface area contributed by atoms with Crippen molar-refractivity contribution in [2.24, 2.45) is 22.5 Å². The number of Topliss-reactive ketones (excluding diaryl/α,β-unsaturated/α-hetero) is 1. The number of nitrogens with two attached hydrogens (primary N) is 3. The molecule has 1 fully saturated rings. The number of hydrogen-bond acceptors (Lipinski definition) is 16. The molecule has 18 nitrogen and oxygen atoms in total. The van der Waals surface area contributed by atoms with Crippen LogP contribution in [-0.2, 0) is 51.8 Å². The van der Waals surface area contributed by atoms with E-state index in [2.05, 4.69) is 14.4 Å². The fourth-order valence-electron chi connectivity index (χ4n) is 4.87. The first-order valence-electron chi connectivity index (χ1n) is 15.0. The Morgan fingerprint density at radius 2 is 1.90 bits per heavy atom. The minimum atomic E-state index is -5.19. The van der Waals surface area contributed by atoms with Crippen LogP contribution < -0.4 is 26.6 Å². The Labute approximate surface area is 290 Å². The van der Waals surface area contributed by atoms with Crippen molar-refractivity contribution in [3.8, 4) is 16.9 Å². The number of ketones is 1. The van der Waals surface area contributed by atoms with Gasteiger partial charge in [-0.1, -0.05) is 17.3 Å². The maximum Gasteiger partial charge on any atom is 0.373 e. The van der Waals surface area contributed by atoms with Gasteiger partial charge in [0.2, 0.25) is 23.1 Å². The van der Waals surface area contributed by atoms with E-state index in [0.717, 1.165) is 28.9 Å². The lowest BCUT2D eigenvalue weighted by atomic mass is 9.74. The average Bonchev–Trinajstić information content (AvgIpc) is 3.68. The highest BCUT2D eigenvalue weighted by Crippen LogP contribution is 2.40. The standard InChI is InChI=1S/C28H37FN8O8S2.CO2/c1-28(2)22(26(39)37(28)45-47(40,41)42)12-24(38)25(23-17-46-27(32)33-23)34-44-11-10-43-21-6-4-18(5-7-21)19-14-35(9-3-8-30)36(15-19)16-20(29)13-31;2-1-3/h4-7,14-15,17,20,22H,3,8-13,16,30-31H2,1-2H3,(H2-,32,33,40,41,42);/b34-25-;/t20?,22-;/m1./s1. The van der Waals surface area contributed by atoms with Crippen LogP contribution in [0.4, 0.5) is 9.52 Å². The molecule has 2 aromatic heterocycles. The summed E-state index contributed by atoms with van der Waals surface area (Å²) in [5.41, 5.74) is 17.3. The lowest BCUT2D eigenvalue weighted by molar-refractivity contribution is -0.778. The number of β-lactam (4-membered cyclic amide) rings is 1. The van der Waals surface area contributed by atoms with Crippen molar-refractivity contribution in [3.05, 3.63) is 47.7 Å². The van der Waals surface area contributed by atoms with E-state index in [1.165, 1.54) is 19.2 Å². The van der Waals surface area contributed by atoms with E-state index in [1.54, 1.807) is 16.8 Å². The summed E-state index contributed by atoms with van der Waals surface area (Å²) in [6.07, 6.45) is 3.22. The first kappa shape index (κ1) is 39.8. The first-order valence-corrected chi connectivity index (χ1v) is 17.2. The number of hydroxylamine groups is 2. The Kier molecular flexibility index (Phi) is 14.2. The number of alkyl halides is 1. The van der Waals surface area contributed by atoms with Crippen molar-refractivity contribution in [2.45, 2.75) is 51.5 Å². The van der Waals surface area contributed by atoms with Gasteiger partial charge in [-0.3, -0.25) is 9.59 Å². The molecule has 0 bridgehead atoms. The van der Waals surface area contributed by atoms with E-state index in [1.807, 2.05) is 29.2 Å². The van der Waals surface area contributed by atoms with Gasteiger partial charge in [-0.2, -0.15) is 23.6 Å². The molecule has 1 saturated heterocycles. The molecule has 1 unspecified atom stereocenters. The van der Waals surface area contributed by atoms with Gasteiger partial charge in [0, 0.05) is 18.3 Å². The van der Waals surface area contributed by atoms with E-state index >= 15 is 0 Å². The number of aryl methyl sites for hydroxylation is 1. The van der Waals surface area contributed by atoms with E-state index in [-0.39, 0.29) is 55.4 Å². The van der Waals surface area contributed by atoms with Crippen LogP contribution in [0.1, 0.15) is 32.4 Å². The number of hydrogen-bond donors (Lipinski definition) is 3. The predicted molar refractivity (Wildman–Crippen MR) is 172 cm³/mol. The Morgan fingerprint density at radius 3 is 2.46 bits per heavy atom. The van der Waals surface area contributed by atoms with Crippen LogP contribution in [0, 0.1) is 5.92 Å². The molecule has 6 N–H and O–H groups in total. The molecule has 272 valence electrons. The number of carbonyl (C=O) groups excluding carboxylic acids is 4. The smallest absolute Gasteiger partial charge is 0.373 e. The highest BCUT2D eigenvalue weighted by Gasteiger charge is 2.57. The third-order valence-electron chi connectivity index (χ3n) is 7.38. The molecular weight excluding hydrogens is 703 g/mol. The SMILES string of the molecule is CC1(C)[C@H](CC(=O)/C(=N\OCCOc2ccc(-c3cn(CCCN)[n+](CC(F)CN)c3)cc2)c2csc(N)n2)C(=O)N1OS(=O)(=O)[O-].O=C=O. The predicted octanol–water partition coefficient (Wildman–Crippen LogP) is -0.0689. The normalized spacial score (nSPS) is 16.1. The van der Waals surface area contributed by atoms with Gasteiger partial charge in [0.15, 0.2) is 29.4 Å².